The van der Waals surface area contributed by atoms with Crippen molar-refractivity contribution in [3.63, 3.8) is 0 Å². The van der Waals surface area contributed by atoms with Crippen molar-refractivity contribution in [1.29, 1.82) is 0 Å². The number of carbonyl (C=O) groups excluding carboxylic acids is 1. The lowest BCUT2D eigenvalue weighted by atomic mass is 9.85. The lowest BCUT2D eigenvalue weighted by Crippen LogP contribution is -2.24. The largest absolute Gasteiger partial charge is 0.384 e. The summed E-state index contributed by atoms with van der Waals surface area (Å²) in [6.45, 7) is 4.24. The first kappa shape index (κ1) is 21.3. The number of fused-ring (bicyclic) bond motifs is 8. The Hall–Kier alpha value is -4.23. The molecule has 2 aliphatic rings. The van der Waals surface area contributed by atoms with Crippen molar-refractivity contribution in [2.24, 2.45) is 0 Å². The molecule has 3 N–H and O–H groups in total. The van der Waals surface area contributed by atoms with Gasteiger partial charge in [-0.3, -0.25) is 14.2 Å². The van der Waals surface area contributed by atoms with Crippen LogP contribution in [0.2, 0.25) is 0 Å². The summed E-state index contributed by atoms with van der Waals surface area (Å²) in [5, 5.41) is 3.01. The summed E-state index contributed by atoms with van der Waals surface area (Å²) in [7, 11) is 0. The molecule has 35 heavy (non-hydrogen) atoms. The molecule has 0 saturated carbocycles. The number of hydrogen-bond acceptors (Lipinski definition) is 5. The predicted molar refractivity (Wildman–Crippen MR) is 133 cm³/mol. The molecular formula is C28H24N4O3. The van der Waals surface area contributed by atoms with Crippen LogP contribution >= 0.6 is 0 Å². The SMILES string of the molecule is Cc1cc(N)nc(C)c1CNC(=O)c1ccc2c(c1)C1OC2c2cc(-n3ccccc3=O)ccc21. The van der Waals surface area contributed by atoms with Gasteiger partial charge >= 0.3 is 0 Å². The highest BCUT2D eigenvalue weighted by Crippen LogP contribution is 2.54. The third kappa shape index (κ3) is 3.43. The van der Waals surface area contributed by atoms with E-state index >= 15 is 0 Å². The van der Waals surface area contributed by atoms with Crippen LogP contribution in [0.1, 0.15) is 61.6 Å². The topological polar surface area (TPSA) is 99.2 Å². The molecule has 0 fully saturated rings. The number of nitrogens with one attached hydrogen (secondary N) is 1. The van der Waals surface area contributed by atoms with Crippen LogP contribution < -0.4 is 16.6 Å². The van der Waals surface area contributed by atoms with Crippen molar-refractivity contribution in [3.05, 3.63) is 122 Å². The minimum atomic E-state index is -0.218. The molecule has 0 saturated heterocycles. The van der Waals surface area contributed by atoms with Gasteiger partial charge in [-0.25, -0.2) is 4.98 Å². The molecule has 2 aliphatic heterocycles. The fourth-order valence-electron chi connectivity index (χ4n) is 5.19. The number of ether oxygens (including phenoxy) is 1. The van der Waals surface area contributed by atoms with Crippen LogP contribution in [0.4, 0.5) is 5.82 Å². The average Bonchev–Trinajstić information content (AvgIpc) is 3.40. The summed E-state index contributed by atoms with van der Waals surface area (Å²) in [5.41, 5.74) is 14.1. The number of nitrogen functional groups attached to an aromatic ring is 1. The highest BCUT2D eigenvalue weighted by atomic mass is 16.5. The number of carbonyl (C=O) groups is 1. The van der Waals surface area contributed by atoms with Gasteiger partial charge in [-0.05, 0) is 83.6 Å². The summed E-state index contributed by atoms with van der Waals surface area (Å²) in [6.07, 6.45) is 1.35. The molecule has 2 aromatic carbocycles. The number of nitrogens with zero attached hydrogens (tertiary/aromatic N) is 2. The van der Waals surface area contributed by atoms with Crippen molar-refractivity contribution in [3.8, 4) is 5.69 Å². The van der Waals surface area contributed by atoms with Gasteiger partial charge < -0.3 is 15.8 Å². The molecule has 6 rings (SSSR count). The maximum atomic E-state index is 13.0. The number of aromatic nitrogens is 2. The number of benzene rings is 2. The molecule has 2 atom stereocenters. The van der Waals surface area contributed by atoms with E-state index in [2.05, 4.69) is 10.3 Å². The van der Waals surface area contributed by atoms with Crippen molar-refractivity contribution < 1.29 is 9.53 Å². The van der Waals surface area contributed by atoms with E-state index in [4.69, 9.17) is 10.5 Å². The van der Waals surface area contributed by atoms with E-state index < -0.39 is 0 Å². The molecule has 2 aromatic heterocycles. The number of hydrogen-bond donors (Lipinski definition) is 2. The number of aryl methyl sites for hydroxylation is 2. The third-order valence-corrected chi connectivity index (χ3v) is 6.92. The Labute approximate surface area is 202 Å². The van der Waals surface area contributed by atoms with Gasteiger partial charge in [0.05, 0.1) is 0 Å². The highest BCUT2D eigenvalue weighted by Gasteiger charge is 2.43. The normalized spacial score (nSPS) is 17.2. The molecule has 7 heteroatoms. The zero-order valence-electron chi connectivity index (χ0n) is 19.4. The number of pyridine rings is 2. The maximum Gasteiger partial charge on any atom is 0.255 e. The Morgan fingerprint density at radius 2 is 1.74 bits per heavy atom. The molecular weight excluding hydrogens is 440 g/mol. The Kier molecular flexibility index (Phi) is 4.82. The number of amides is 1. The van der Waals surface area contributed by atoms with Crippen LogP contribution in [0.15, 0.2) is 71.7 Å². The monoisotopic (exact) mass is 464 g/mol. The molecule has 2 unspecified atom stereocenters. The molecule has 1 amide bonds. The summed E-state index contributed by atoms with van der Waals surface area (Å²) in [4.78, 5) is 29.5. The third-order valence-electron chi connectivity index (χ3n) is 6.92. The molecule has 4 heterocycles. The van der Waals surface area contributed by atoms with Crippen molar-refractivity contribution >= 4 is 11.7 Å². The van der Waals surface area contributed by atoms with Crippen molar-refractivity contribution in [2.75, 3.05) is 5.73 Å². The van der Waals surface area contributed by atoms with Crippen LogP contribution in [0.5, 0.6) is 0 Å². The van der Waals surface area contributed by atoms with Crippen molar-refractivity contribution in [2.45, 2.75) is 32.6 Å². The molecule has 7 nitrogen and oxygen atoms in total. The molecule has 4 aromatic rings. The summed E-state index contributed by atoms with van der Waals surface area (Å²) in [6, 6.07) is 18.6. The predicted octanol–water partition coefficient (Wildman–Crippen LogP) is 3.88. The van der Waals surface area contributed by atoms with E-state index in [-0.39, 0.29) is 23.7 Å². The van der Waals surface area contributed by atoms with Crippen LogP contribution in [0.25, 0.3) is 5.69 Å². The van der Waals surface area contributed by atoms with Crippen LogP contribution in [-0.2, 0) is 11.3 Å². The summed E-state index contributed by atoms with van der Waals surface area (Å²) in [5.74, 6) is 0.331. The Morgan fingerprint density at radius 3 is 2.49 bits per heavy atom. The van der Waals surface area contributed by atoms with Gasteiger partial charge in [-0.2, -0.15) is 0 Å². The molecule has 0 radical (unpaired) electrons. The Morgan fingerprint density at radius 1 is 1.00 bits per heavy atom. The average molecular weight is 465 g/mol. The number of nitrogens with two attached hydrogens (primary N) is 1. The van der Waals surface area contributed by atoms with E-state index in [0.717, 1.165) is 44.8 Å². The zero-order chi connectivity index (χ0) is 24.3. The van der Waals surface area contributed by atoms with Gasteiger partial charge in [0.25, 0.3) is 11.5 Å². The second kappa shape index (κ2) is 7.92. The Bertz CT molecular complexity index is 1550. The van der Waals surface area contributed by atoms with Crippen LogP contribution in [0, 0.1) is 13.8 Å². The first-order valence-electron chi connectivity index (χ1n) is 11.5. The van der Waals surface area contributed by atoms with E-state index in [1.165, 1.54) is 0 Å². The second-order valence-electron chi connectivity index (χ2n) is 9.07. The summed E-state index contributed by atoms with van der Waals surface area (Å²) >= 11 is 0. The van der Waals surface area contributed by atoms with E-state index in [9.17, 15) is 9.59 Å². The fraction of sp³-hybridized carbons (Fsp3) is 0.179. The van der Waals surface area contributed by atoms with Crippen LogP contribution in [0.3, 0.4) is 0 Å². The highest BCUT2D eigenvalue weighted by molar-refractivity contribution is 5.94. The second-order valence-corrected chi connectivity index (χ2v) is 9.07. The number of rotatable bonds is 4. The van der Waals surface area contributed by atoms with Gasteiger partial charge in [0.1, 0.15) is 18.0 Å². The first-order chi connectivity index (χ1) is 16.9. The zero-order valence-corrected chi connectivity index (χ0v) is 19.4. The quantitative estimate of drug-likeness (QED) is 0.478. The van der Waals surface area contributed by atoms with Crippen LogP contribution in [-0.4, -0.2) is 15.5 Å². The van der Waals surface area contributed by atoms with Gasteiger partial charge in [0.15, 0.2) is 0 Å². The Balaban J connectivity index is 1.25. The van der Waals surface area contributed by atoms with Crippen molar-refractivity contribution in [1.82, 2.24) is 14.9 Å². The fourth-order valence-corrected chi connectivity index (χ4v) is 5.19. The summed E-state index contributed by atoms with van der Waals surface area (Å²) < 4.78 is 7.93. The molecule has 2 bridgehead atoms. The smallest absolute Gasteiger partial charge is 0.255 e. The minimum absolute atomic E-state index is 0.0762. The van der Waals surface area contributed by atoms with Gasteiger partial charge in [-0.1, -0.05) is 18.2 Å². The molecule has 0 aliphatic carbocycles. The number of anilines is 1. The maximum absolute atomic E-state index is 13.0. The van der Waals surface area contributed by atoms with E-state index in [1.807, 2.05) is 62.4 Å². The minimum Gasteiger partial charge on any atom is -0.384 e. The standard InChI is InChI=1S/C28H24N4O3/c1-15-11-24(29)31-16(2)23(15)14-30-28(34)17-6-8-19-21(12-17)26-20-9-7-18(13-22(20)27(19)35-26)32-10-4-3-5-25(32)33/h3-13,26-27H,14H2,1-2H3,(H2,29,31)(H,30,34). The van der Waals surface area contributed by atoms with E-state index in [0.29, 0.717) is 17.9 Å². The lowest BCUT2D eigenvalue weighted by molar-refractivity contribution is 0.0857. The lowest BCUT2D eigenvalue weighted by Gasteiger charge is -2.18. The van der Waals surface area contributed by atoms with E-state index in [1.54, 1.807) is 22.9 Å². The molecule has 174 valence electrons. The molecule has 0 spiro atoms. The van der Waals surface area contributed by atoms with Gasteiger partial charge in [0, 0.05) is 35.8 Å². The van der Waals surface area contributed by atoms with Gasteiger partial charge in [-0.15, -0.1) is 0 Å². The van der Waals surface area contributed by atoms with Gasteiger partial charge in [0.2, 0.25) is 0 Å². The first-order valence-corrected chi connectivity index (χ1v) is 11.5.